The van der Waals surface area contributed by atoms with Crippen LogP contribution in [-0.4, -0.2) is 24.1 Å². The van der Waals surface area contributed by atoms with Gasteiger partial charge in [-0.05, 0) is 70.8 Å². The normalized spacial score (nSPS) is 11.8. The lowest BCUT2D eigenvalue weighted by atomic mass is 10.0. The van der Waals surface area contributed by atoms with Crippen LogP contribution in [0.5, 0.6) is 0 Å². The molecule has 0 unspecified atom stereocenters. The second-order valence-corrected chi connectivity index (χ2v) is 16.0. The molecule has 0 aliphatic carbocycles. The molecule has 0 fully saturated rings. The molecule has 0 bridgehead atoms. The van der Waals surface area contributed by atoms with Crippen LogP contribution >= 0.6 is 0 Å². The lowest BCUT2D eigenvalue weighted by molar-refractivity contribution is 0.669. The predicted octanol–water partition coefficient (Wildman–Crippen LogP) is 14.6. The van der Waals surface area contributed by atoms with Crippen LogP contribution in [0.2, 0.25) is 0 Å². The van der Waals surface area contributed by atoms with Crippen molar-refractivity contribution in [3.63, 3.8) is 0 Å². The van der Waals surface area contributed by atoms with Crippen molar-refractivity contribution in [2.24, 2.45) is 0 Å². The Kier molecular flexibility index (Phi) is 7.80. The predicted molar refractivity (Wildman–Crippen MR) is 258 cm³/mol. The Morgan fingerprint density at radius 3 is 1.56 bits per heavy atom. The Balaban J connectivity index is 1.06. The minimum absolute atomic E-state index is 0.546. The van der Waals surface area contributed by atoms with E-state index in [9.17, 15) is 0 Å². The highest BCUT2D eigenvalue weighted by Crippen LogP contribution is 2.42. The molecule has 294 valence electrons. The van der Waals surface area contributed by atoms with E-state index in [1.54, 1.807) is 0 Å². The largest absolute Gasteiger partial charge is 0.456 e. The van der Waals surface area contributed by atoms with Crippen LogP contribution in [0.4, 0.5) is 0 Å². The van der Waals surface area contributed by atoms with Gasteiger partial charge in [0, 0.05) is 49.1 Å². The molecule has 0 saturated carbocycles. The quantitative estimate of drug-likeness (QED) is 0.168. The van der Waals surface area contributed by atoms with Gasteiger partial charge in [-0.1, -0.05) is 164 Å². The number of fused-ring (bicyclic) bond motifs is 9. The first-order valence-corrected chi connectivity index (χ1v) is 21.2. The monoisotopic (exact) mass is 805 g/mol. The van der Waals surface area contributed by atoms with E-state index in [1.165, 1.54) is 5.56 Å². The van der Waals surface area contributed by atoms with Crippen molar-refractivity contribution in [1.82, 2.24) is 24.1 Å². The van der Waals surface area contributed by atoms with Gasteiger partial charge in [-0.25, -0.2) is 4.98 Å². The van der Waals surface area contributed by atoms with Crippen LogP contribution in [0.15, 0.2) is 217 Å². The fourth-order valence-electron chi connectivity index (χ4n) is 9.50. The van der Waals surface area contributed by atoms with E-state index in [0.29, 0.717) is 17.6 Å². The molecule has 0 atom stereocenters. The highest BCUT2D eigenvalue weighted by Gasteiger charge is 2.22. The molecule has 13 rings (SSSR count). The summed E-state index contributed by atoms with van der Waals surface area (Å²) in [5.74, 6) is 1.70. The minimum atomic E-state index is 0.546. The highest BCUT2D eigenvalue weighted by atomic mass is 16.3. The van der Waals surface area contributed by atoms with Crippen molar-refractivity contribution >= 4 is 65.6 Å². The zero-order chi connectivity index (χ0) is 41.4. The lowest BCUT2D eigenvalue weighted by Gasteiger charge is -2.12. The van der Waals surface area contributed by atoms with Gasteiger partial charge in [-0.2, -0.15) is 9.97 Å². The van der Waals surface area contributed by atoms with Gasteiger partial charge in [-0.15, -0.1) is 0 Å². The molecule has 0 aliphatic rings. The van der Waals surface area contributed by atoms with E-state index in [-0.39, 0.29) is 0 Å². The number of nitrogens with zero attached hydrogens (tertiary/aromatic N) is 5. The Morgan fingerprint density at radius 2 is 0.857 bits per heavy atom. The molecule has 0 amide bonds. The summed E-state index contributed by atoms with van der Waals surface area (Å²) in [6.07, 6.45) is 0. The minimum Gasteiger partial charge on any atom is -0.456 e. The van der Waals surface area contributed by atoms with Crippen molar-refractivity contribution < 1.29 is 4.42 Å². The van der Waals surface area contributed by atoms with Crippen molar-refractivity contribution in [3.8, 4) is 56.7 Å². The topological polar surface area (TPSA) is 61.7 Å². The average molecular weight is 806 g/mol. The van der Waals surface area contributed by atoms with Crippen LogP contribution in [0.3, 0.4) is 0 Å². The molecule has 6 nitrogen and oxygen atoms in total. The van der Waals surface area contributed by atoms with E-state index < -0.39 is 0 Å². The van der Waals surface area contributed by atoms with Crippen LogP contribution in [0.1, 0.15) is 0 Å². The molecule has 13 aromatic rings. The second kappa shape index (κ2) is 14.0. The third-order valence-electron chi connectivity index (χ3n) is 12.4. The number of hydrogen-bond donors (Lipinski definition) is 0. The molecule has 0 radical (unpaired) electrons. The van der Waals surface area contributed by atoms with Gasteiger partial charge in [0.1, 0.15) is 11.2 Å². The third-order valence-corrected chi connectivity index (χ3v) is 12.4. The summed E-state index contributed by atoms with van der Waals surface area (Å²) in [5, 5.41) is 6.51. The number of rotatable bonds is 6. The van der Waals surface area contributed by atoms with E-state index >= 15 is 0 Å². The van der Waals surface area contributed by atoms with Gasteiger partial charge in [0.25, 0.3) is 0 Å². The van der Waals surface area contributed by atoms with Crippen LogP contribution in [0, 0.1) is 0 Å². The Bertz CT molecular complexity index is 3850. The number of benzene rings is 9. The molecule has 0 spiro atoms. The summed E-state index contributed by atoms with van der Waals surface area (Å²) in [6, 6.07) is 74.4. The number of hydrogen-bond acceptors (Lipinski definition) is 4. The summed E-state index contributed by atoms with van der Waals surface area (Å²) >= 11 is 0. The summed E-state index contributed by atoms with van der Waals surface area (Å²) in [5.41, 5.74) is 13.3. The zero-order valence-electron chi connectivity index (χ0n) is 33.9. The first-order chi connectivity index (χ1) is 31.2. The molecule has 6 heteroatoms. The lowest BCUT2D eigenvalue weighted by Crippen LogP contribution is -2.06. The number of aromatic nitrogens is 5. The van der Waals surface area contributed by atoms with E-state index in [4.69, 9.17) is 19.4 Å². The van der Waals surface area contributed by atoms with Crippen molar-refractivity contribution in [2.75, 3.05) is 0 Å². The van der Waals surface area contributed by atoms with E-state index in [1.807, 2.05) is 18.2 Å². The van der Waals surface area contributed by atoms with Crippen LogP contribution in [0.25, 0.3) is 122 Å². The van der Waals surface area contributed by atoms with Gasteiger partial charge in [0.05, 0.1) is 22.1 Å². The standard InChI is InChI=1S/C57H35N5O/c1-3-15-36(16-4-1)38-29-31-39(32-30-38)55-58-56(60-57(59-55)62-49-26-11-7-21-42(49)43-22-8-12-27-50(43)62)45-24-14-28-52-54(45)47-34-51-46(35-53(47)63-52)44-23-9-10-25-48(44)61(51)41-20-13-19-40(33-41)37-17-5-2-6-18-37/h1-35H. The summed E-state index contributed by atoms with van der Waals surface area (Å²) in [7, 11) is 0. The van der Waals surface area contributed by atoms with Gasteiger partial charge < -0.3 is 8.98 Å². The number of para-hydroxylation sites is 3. The summed E-state index contributed by atoms with van der Waals surface area (Å²) in [4.78, 5) is 15.9. The number of furan rings is 1. The molecular weight excluding hydrogens is 771 g/mol. The SMILES string of the molecule is c1ccc(-c2ccc(-c3nc(-c4cccc5oc6cc7c8ccccc8n(-c8cccc(-c9ccccc9)c8)c7cc6c45)nc(-n4c5ccccc5c5ccccc54)n3)cc2)cc1. The van der Waals surface area contributed by atoms with Crippen molar-refractivity contribution in [1.29, 1.82) is 0 Å². The molecule has 4 aromatic heterocycles. The summed E-state index contributed by atoms with van der Waals surface area (Å²) < 4.78 is 11.3. The maximum Gasteiger partial charge on any atom is 0.238 e. The molecule has 63 heavy (non-hydrogen) atoms. The maximum absolute atomic E-state index is 6.77. The van der Waals surface area contributed by atoms with E-state index in [2.05, 4.69) is 203 Å². The molecule has 0 aliphatic heterocycles. The van der Waals surface area contributed by atoms with Gasteiger partial charge in [-0.3, -0.25) is 4.57 Å². The fourth-order valence-corrected chi connectivity index (χ4v) is 9.50. The maximum atomic E-state index is 6.77. The Hall–Kier alpha value is -8.61. The average Bonchev–Trinajstić information content (AvgIpc) is 4.01. The summed E-state index contributed by atoms with van der Waals surface area (Å²) in [6.45, 7) is 0. The highest BCUT2D eigenvalue weighted by molar-refractivity contribution is 6.19. The van der Waals surface area contributed by atoms with Crippen LogP contribution < -0.4 is 0 Å². The third kappa shape index (κ3) is 5.62. The molecule has 9 aromatic carbocycles. The molecule has 4 heterocycles. The van der Waals surface area contributed by atoms with E-state index in [0.717, 1.165) is 99.1 Å². The Labute approximate surface area is 361 Å². The van der Waals surface area contributed by atoms with Gasteiger partial charge in [0.2, 0.25) is 5.95 Å². The molecule has 0 saturated heterocycles. The van der Waals surface area contributed by atoms with Crippen molar-refractivity contribution in [3.05, 3.63) is 212 Å². The first-order valence-electron chi connectivity index (χ1n) is 21.2. The van der Waals surface area contributed by atoms with Gasteiger partial charge in [0.15, 0.2) is 11.6 Å². The smallest absolute Gasteiger partial charge is 0.238 e. The molecular formula is C57H35N5O. The van der Waals surface area contributed by atoms with Gasteiger partial charge >= 0.3 is 0 Å². The molecule has 0 N–H and O–H groups in total. The Morgan fingerprint density at radius 1 is 0.317 bits per heavy atom. The fraction of sp³-hybridized carbons (Fsp3) is 0. The second-order valence-electron chi connectivity index (χ2n) is 16.0. The van der Waals surface area contributed by atoms with Crippen LogP contribution in [-0.2, 0) is 0 Å². The van der Waals surface area contributed by atoms with Crippen molar-refractivity contribution in [2.45, 2.75) is 0 Å². The first kappa shape index (κ1) is 35.2. The zero-order valence-corrected chi connectivity index (χ0v) is 33.9.